The molecule has 1 fully saturated rings. The largest absolute Gasteiger partial charge is 0.491 e. The molecular formula is C26H29N5O4S. The molecule has 4 amide bonds. The van der Waals surface area contributed by atoms with Gasteiger partial charge < -0.3 is 20.7 Å². The Labute approximate surface area is 213 Å². The first-order valence-electron chi connectivity index (χ1n) is 12.1. The number of hydrogen-bond donors (Lipinski definition) is 3. The smallest absolute Gasteiger partial charge is 0.331 e. The van der Waals surface area contributed by atoms with Gasteiger partial charge in [0.15, 0.2) is 0 Å². The van der Waals surface area contributed by atoms with Crippen molar-refractivity contribution in [3.8, 4) is 5.75 Å². The molecular weight excluding hydrogens is 478 g/mol. The minimum atomic E-state index is -0.338. The fraction of sp³-hybridized carbons (Fsp3) is 0.385. The van der Waals surface area contributed by atoms with Gasteiger partial charge in [-0.3, -0.25) is 14.5 Å². The van der Waals surface area contributed by atoms with Gasteiger partial charge in [-0.15, -0.1) is 11.3 Å². The standard InChI is InChI=1S/C26H29N5O4S/c1-13(2)35-18-7-8-19(14(3)11-18)31-20-9-10-27-25-21(20)22(30-26(31)34)23(36-25)24(33)29-17-6-5-16(12-17)28-15(4)32/h7-11,13,16-17H,5-6,12H2,1-4H3,(H,28,32)(H,29,33)(H,30,34)/t16-,17+/m1/s1. The number of aromatic nitrogens is 1. The molecule has 3 N–H and O–H groups in total. The number of amides is 4. The number of aryl methyl sites for hydroxylation is 1. The fourth-order valence-electron chi connectivity index (χ4n) is 4.99. The van der Waals surface area contributed by atoms with E-state index in [1.165, 1.54) is 18.3 Å². The molecule has 1 aliphatic heterocycles. The molecule has 188 valence electrons. The molecule has 2 aliphatic rings. The maximum absolute atomic E-state index is 13.4. The number of ether oxygens (including phenoxy) is 1. The lowest BCUT2D eigenvalue weighted by Gasteiger charge is -2.29. The van der Waals surface area contributed by atoms with Crippen LogP contribution in [0.3, 0.4) is 0 Å². The Morgan fingerprint density at radius 3 is 2.61 bits per heavy atom. The molecule has 1 aliphatic carbocycles. The van der Waals surface area contributed by atoms with Crippen LogP contribution in [-0.2, 0) is 4.79 Å². The maximum Gasteiger partial charge on any atom is 0.331 e. The monoisotopic (exact) mass is 507 g/mol. The van der Waals surface area contributed by atoms with Gasteiger partial charge in [-0.2, -0.15) is 0 Å². The summed E-state index contributed by atoms with van der Waals surface area (Å²) in [6.07, 6.45) is 4.00. The first-order chi connectivity index (χ1) is 17.2. The Balaban J connectivity index is 1.45. The molecule has 36 heavy (non-hydrogen) atoms. The highest BCUT2D eigenvalue weighted by Crippen LogP contribution is 2.46. The highest BCUT2D eigenvalue weighted by atomic mass is 32.1. The van der Waals surface area contributed by atoms with Crippen LogP contribution in [-0.4, -0.2) is 41.0 Å². The Bertz CT molecular complexity index is 1370. The number of benzene rings is 1. The van der Waals surface area contributed by atoms with Crippen LogP contribution in [0.2, 0.25) is 0 Å². The predicted octanol–water partition coefficient (Wildman–Crippen LogP) is 4.86. The molecule has 0 spiro atoms. The molecule has 0 unspecified atom stereocenters. The molecule has 2 atom stereocenters. The van der Waals surface area contributed by atoms with E-state index in [-0.39, 0.29) is 36.0 Å². The van der Waals surface area contributed by atoms with E-state index in [1.54, 1.807) is 17.2 Å². The summed E-state index contributed by atoms with van der Waals surface area (Å²) in [7, 11) is 0. The van der Waals surface area contributed by atoms with E-state index in [9.17, 15) is 14.4 Å². The van der Waals surface area contributed by atoms with Crippen LogP contribution in [0.15, 0.2) is 30.5 Å². The molecule has 2 aromatic heterocycles. The van der Waals surface area contributed by atoms with Crippen LogP contribution in [0.5, 0.6) is 5.75 Å². The van der Waals surface area contributed by atoms with Crippen LogP contribution in [0.4, 0.5) is 21.9 Å². The van der Waals surface area contributed by atoms with Crippen molar-refractivity contribution in [2.75, 3.05) is 10.2 Å². The van der Waals surface area contributed by atoms with E-state index >= 15 is 0 Å². The summed E-state index contributed by atoms with van der Waals surface area (Å²) in [6.45, 7) is 7.37. The van der Waals surface area contributed by atoms with E-state index in [0.717, 1.165) is 35.2 Å². The second-order valence-corrected chi connectivity index (χ2v) is 10.6. The summed E-state index contributed by atoms with van der Waals surface area (Å²) >= 11 is 1.26. The minimum absolute atomic E-state index is 0.0378. The summed E-state index contributed by atoms with van der Waals surface area (Å²) in [5.74, 6) is 0.433. The first-order valence-corrected chi connectivity index (χ1v) is 12.9. The van der Waals surface area contributed by atoms with Crippen molar-refractivity contribution in [2.45, 2.75) is 65.1 Å². The van der Waals surface area contributed by atoms with Crippen LogP contribution >= 0.6 is 11.3 Å². The highest BCUT2D eigenvalue weighted by molar-refractivity contribution is 7.21. The topological polar surface area (TPSA) is 113 Å². The number of nitrogens with zero attached hydrogens (tertiary/aromatic N) is 2. The number of carbonyl (C=O) groups is 3. The average Bonchev–Trinajstić information content (AvgIpc) is 3.39. The van der Waals surface area contributed by atoms with Gasteiger partial charge in [0.2, 0.25) is 5.91 Å². The molecule has 0 bridgehead atoms. The lowest BCUT2D eigenvalue weighted by molar-refractivity contribution is -0.119. The summed E-state index contributed by atoms with van der Waals surface area (Å²) in [5, 5.41) is 9.69. The van der Waals surface area contributed by atoms with Gasteiger partial charge in [0.25, 0.3) is 5.91 Å². The number of rotatable bonds is 6. The van der Waals surface area contributed by atoms with Crippen LogP contribution in [0, 0.1) is 6.92 Å². The van der Waals surface area contributed by atoms with Crippen LogP contribution < -0.4 is 25.6 Å². The maximum atomic E-state index is 13.4. The SMILES string of the molecule is CC(=O)N[C@@H]1CC[C@H](NC(=O)c2sc3nccc4c3c2NC(=O)N4c2ccc(OC(C)C)cc2C)C1. The molecule has 3 aromatic rings. The lowest BCUT2D eigenvalue weighted by Crippen LogP contribution is -2.37. The minimum Gasteiger partial charge on any atom is -0.491 e. The van der Waals surface area contributed by atoms with Gasteiger partial charge in [0.1, 0.15) is 15.5 Å². The zero-order valence-electron chi connectivity index (χ0n) is 20.7. The molecule has 0 saturated heterocycles. The number of carbonyl (C=O) groups excluding carboxylic acids is 3. The lowest BCUT2D eigenvalue weighted by atomic mass is 10.1. The van der Waals surface area contributed by atoms with Crippen LogP contribution in [0.1, 0.15) is 55.3 Å². The molecule has 5 rings (SSSR count). The van der Waals surface area contributed by atoms with Gasteiger partial charge in [-0.1, -0.05) is 0 Å². The summed E-state index contributed by atoms with van der Waals surface area (Å²) < 4.78 is 5.80. The predicted molar refractivity (Wildman–Crippen MR) is 140 cm³/mol. The summed E-state index contributed by atoms with van der Waals surface area (Å²) in [4.78, 5) is 45.2. The molecule has 1 aromatic carbocycles. The van der Waals surface area contributed by atoms with Crippen molar-refractivity contribution >= 4 is 56.5 Å². The van der Waals surface area contributed by atoms with E-state index in [0.29, 0.717) is 27.5 Å². The van der Waals surface area contributed by atoms with E-state index in [2.05, 4.69) is 20.9 Å². The van der Waals surface area contributed by atoms with Crippen molar-refractivity contribution in [1.29, 1.82) is 0 Å². The zero-order valence-corrected chi connectivity index (χ0v) is 21.5. The van der Waals surface area contributed by atoms with Crippen molar-refractivity contribution in [3.63, 3.8) is 0 Å². The van der Waals surface area contributed by atoms with Gasteiger partial charge in [0, 0.05) is 25.2 Å². The Morgan fingerprint density at radius 1 is 1.17 bits per heavy atom. The molecule has 10 heteroatoms. The van der Waals surface area contributed by atoms with Gasteiger partial charge >= 0.3 is 6.03 Å². The second kappa shape index (κ2) is 9.42. The Hall–Kier alpha value is -3.66. The number of nitrogens with one attached hydrogen (secondary N) is 3. The fourth-order valence-corrected chi connectivity index (χ4v) is 6.01. The second-order valence-electron chi connectivity index (χ2n) is 9.58. The molecule has 9 nitrogen and oxygen atoms in total. The van der Waals surface area contributed by atoms with Crippen molar-refractivity contribution < 1.29 is 19.1 Å². The van der Waals surface area contributed by atoms with Crippen molar-refractivity contribution in [1.82, 2.24) is 15.6 Å². The quantitative estimate of drug-likeness (QED) is 0.441. The average molecular weight is 508 g/mol. The van der Waals surface area contributed by atoms with E-state index in [4.69, 9.17) is 4.74 Å². The van der Waals surface area contributed by atoms with Crippen molar-refractivity contribution in [3.05, 3.63) is 40.9 Å². The summed E-state index contributed by atoms with van der Waals surface area (Å²) in [6, 6.07) is 7.13. The third-order valence-corrected chi connectivity index (χ3v) is 7.50. The number of hydrogen-bond acceptors (Lipinski definition) is 6. The van der Waals surface area contributed by atoms with Crippen LogP contribution in [0.25, 0.3) is 10.2 Å². The molecule has 3 heterocycles. The third-order valence-electron chi connectivity index (χ3n) is 6.41. The Kier molecular flexibility index (Phi) is 6.29. The first kappa shape index (κ1) is 24.1. The summed E-state index contributed by atoms with van der Waals surface area (Å²) in [5.41, 5.74) is 2.79. The van der Waals surface area contributed by atoms with Gasteiger partial charge in [0.05, 0.1) is 28.6 Å². The van der Waals surface area contributed by atoms with E-state index in [1.807, 2.05) is 39.0 Å². The van der Waals surface area contributed by atoms with Gasteiger partial charge in [-0.25, -0.2) is 9.78 Å². The van der Waals surface area contributed by atoms with Gasteiger partial charge in [-0.05, 0) is 69.9 Å². The van der Waals surface area contributed by atoms with E-state index < -0.39 is 0 Å². The zero-order chi connectivity index (χ0) is 25.6. The number of thiophene rings is 1. The normalized spacial score (nSPS) is 18.9. The highest BCUT2D eigenvalue weighted by Gasteiger charge is 2.34. The van der Waals surface area contributed by atoms with Crippen molar-refractivity contribution in [2.24, 2.45) is 0 Å². The molecule has 0 radical (unpaired) electrons. The Morgan fingerprint density at radius 2 is 1.92 bits per heavy atom. The molecule has 1 saturated carbocycles. The third kappa shape index (κ3) is 4.48. The number of anilines is 3. The number of urea groups is 1. The number of pyridine rings is 1.